The van der Waals surface area contributed by atoms with Gasteiger partial charge in [-0.25, -0.2) is 4.79 Å². The number of ether oxygens (including phenoxy) is 2. The van der Waals surface area contributed by atoms with Crippen LogP contribution in [0.2, 0.25) is 0 Å². The quantitative estimate of drug-likeness (QED) is 0.710. The number of benzene rings is 1. The van der Waals surface area contributed by atoms with Crippen LogP contribution in [0.3, 0.4) is 0 Å². The van der Waals surface area contributed by atoms with E-state index in [1.807, 2.05) is 12.1 Å². The number of hydrogen-bond acceptors (Lipinski definition) is 4. The molecule has 2 aliphatic rings. The number of fused-ring (bicyclic) bond motifs is 1. The average Bonchev–Trinajstić information content (AvgIpc) is 2.67. The fourth-order valence-corrected chi connectivity index (χ4v) is 4.05. The van der Waals surface area contributed by atoms with Gasteiger partial charge >= 0.3 is 6.03 Å². The molecule has 1 unspecified atom stereocenters. The third-order valence-corrected chi connectivity index (χ3v) is 5.50. The second-order valence-electron chi connectivity index (χ2n) is 7.44. The molecule has 7 heteroatoms. The van der Waals surface area contributed by atoms with Crippen molar-refractivity contribution in [1.82, 2.24) is 10.6 Å². The van der Waals surface area contributed by atoms with Crippen molar-refractivity contribution in [3.05, 3.63) is 23.3 Å². The number of rotatable bonds is 5. The van der Waals surface area contributed by atoms with Crippen molar-refractivity contribution in [3.8, 4) is 11.5 Å². The summed E-state index contributed by atoms with van der Waals surface area (Å²) >= 11 is 0. The summed E-state index contributed by atoms with van der Waals surface area (Å²) in [5, 5.41) is 5.40. The zero-order valence-corrected chi connectivity index (χ0v) is 16.2. The first-order valence-electron chi connectivity index (χ1n) is 9.76. The van der Waals surface area contributed by atoms with E-state index in [1.54, 1.807) is 14.2 Å². The van der Waals surface area contributed by atoms with Crippen molar-refractivity contribution in [2.75, 3.05) is 27.3 Å². The fraction of sp³-hybridized carbons (Fsp3) is 0.600. The van der Waals surface area contributed by atoms with Gasteiger partial charge in [-0.3, -0.25) is 10.1 Å². The highest BCUT2D eigenvalue weighted by Gasteiger charge is 2.25. The first-order valence-corrected chi connectivity index (χ1v) is 9.76. The number of nitrogens with one attached hydrogen (secondary N) is 3. The average molecular weight is 376 g/mol. The summed E-state index contributed by atoms with van der Waals surface area (Å²) in [5.41, 5.74) is 2.39. The van der Waals surface area contributed by atoms with Crippen molar-refractivity contribution in [1.29, 1.82) is 0 Å². The van der Waals surface area contributed by atoms with Crippen LogP contribution in [0, 0.1) is 0 Å². The summed E-state index contributed by atoms with van der Waals surface area (Å²) in [6.45, 7) is 1.86. The van der Waals surface area contributed by atoms with Crippen LogP contribution < -0.4 is 25.0 Å². The van der Waals surface area contributed by atoms with Gasteiger partial charge in [-0.15, -0.1) is 0 Å². The lowest BCUT2D eigenvalue weighted by molar-refractivity contribution is -0.908. The highest BCUT2D eigenvalue weighted by atomic mass is 16.5. The van der Waals surface area contributed by atoms with E-state index in [0.717, 1.165) is 61.4 Å². The van der Waals surface area contributed by atoms with Crippen LogP contribution in [0.4, 0.5) is 4.79 Å². The second-order valence-corrected chi connectivity index (χ2v) is 7.44. The maximum Gasteiger partial charge on any atom is 0.321 e. The first kappa shape index (κ1) is 19.5. The predicted octanol–water partition coefficient (Wildman–Crippen LogP) is 0.803. The summed E-state index contributed by atoms with van der Waals surface area (Å²) < 4.78 is 10.7. The van der Waals surface area contributed by atoms with Crippen LogP contribution in [-0.4, -0.2) is 45.3 Å². The molecule has 0 bridgehead atoms. The van der Waals surface area contributed by atoms with Crippen molar-refractivity contribution < 1.29 is 24.0 Å². The van der Waals surface area contributed by atoms with E-state index < -0.39 is 0 Å². The molecule has 1 atom stereocenters. The summed E-state index contributed by atoms with van der Waals surface area (Å²) in [5.74, 6) is 1.20. The van der Waals surface area contributed by atoms with Gasteiger partial charge in [-0.05, 0) is 30.5 Å². The van der Waals surface area contributed by atoms with E-state index in [-0.39, 0.29) is 24.5 Å². The molecule has 7 nitrogen and oxygen atoms in total. The third kappa shape index (κ3) is 5.13. The lowest BCUT2D eigenvalue weighted by Gasteiger charge is -2.26. The van der Waals surface area contributed by atoms with E-state index in [2.05, 4.69) is 10.6 Å². The van der Waals surface area contributed by atoms with Gasteiger partial charge in [0.15, 0.2) is 18.0 Å². The third-order valence-electron chi connectivity index (χ3n) is 5.50. The van der Waals surface area contributed by atoms with E-state index in [1.165, 1.54) is 12.0 Å². The molecule has 1 aromatic carbocycles. The molecule has 1 aromatic rings. The molecule has 1 heterocycles. The van der Waals surface area contributed by atoms with Gasteiger partial charge in [0.05, 0.1) is 20.8 Å². The Balaban J connectivity index is 1.51. The number of quaternary nitrogens is 1. The largest absolute Gasteiger partial charge is 0.493 e. The van der Waals surface area contributed by atoms with Crippen molar-refractivity contribution in [2.24, 2.45) is 0 Å². The Morgan fingerprint density at radius 1 is 1.07 bits per heavy atom. The van der Waals surface area contributed by atoms with Crippen molar-refractivity contribution >= 4 is 11.9 Å². The number of hydrogen-bond donors (Lipinski definition) is 3. The van der Waals surface area contributed by atoms with Gasteiger partial charge < -0.3 is 19.7 Å². The zero-order chi connectivity index (χ0) is 19.2. The summed E-state index contributed by atoms with van der Waals surface area (Å²) in [4.78, 5) is 25.4. The number of amides is 3. The summed E-state index contributed by atoms with van der Waals surface area (Å²) in [6, 6.07) is 3.84. The SMILES string of the molecule is COc1cc2c(cc1OC)C[NH+](CC(=O)NC(=O)NC1CCCCC1)CC2. The Kier molecular flexibility index (Phi) is 6.55. The van der Waals surface area contributed by atoms with Gasteiger partial charge in [0.1, 0.15) is 6.54 Å². The molecule has 1 saturated carbocycles. The Morgan fingerprint density at radius 2 is 1.74 bits per heavy atom. The highest BCUT2D eigenvalue weighted by Crippen LogP contribution is 2.31. The van der Waals surface area contributed by atoms with Crippen LogP contribution in [0.5, 0.6) is 11.5 Å². The number of urea groups is 1. The molecule has 3 N–H and O–H groups in total. The van der Waals surface area contributed by atoms with Crippen LogP contribution >= 0.6 is 0 Å². The standard InChI is InChI=1S/C20H29N3O4/c1-26-17-10-14-8-9-23(12-15(14)11-18(17)27-2)13-19(24)22-20(25)21-16-6-4-3-5-7-16/h10-11,16H,3-9,12-13H2,1-2H3,(H2,21,22,24,25)/p+1. The van der Waals surface area contributed by atoms with Gasteiger partial charge in [0.2, 0.25) is 0 Å². The monoisotopic (exact) mass is 376 g/mol. The molecule has 3 rings (SSSR count). The minimum atomic E-state index is -0.366. The molecule has 0 radical (unpaired) electrons. The van der Waals surface area contributed by atoms with Gasteiger partial charge in [0.25, 0.3) is 5.91 Å². The van der Waals surface area contributed by atoms with E-state index in [4.69, 9.17) is 9.47 Å². The molecule has 148 valence electrons. The molecule has 1 aliphatic heterocycles. The Hall–Kier alpha value is -2.28. The number of imide groups is 1. The zero-order valence-electron chi connectivity index (χ0n) is 16.2. The Bertz CT molecular complexity index is 686. The smallest absolute Gasteiger partial charge is 0.321 e. The lowest BCUT2D eigenvalue weighted by Crippen LogP contribution is -3.13. The summed E-state index contributed by atoms with van der Waals surface area (Å²) in [7, 11) is 3.25. The number of carbonyl (C=O) groups excluding carboxylic acids is 2. The maximum absolute atomic E-state index is 12.3. The molecule has 3 amide bonds. The van der Waals surface area contributed by atoms with E-state index in [9.17, 15) is 9.59 Å². The van der Waals surface area contributed by atoms with E-state index in [0.29, 0.717) is 5.75 Å². The number of carbonyl (C=O) groups is 2. The molecule has 1 aliphatic carbocycles. The Morgan fingerprint density at radius 3 is 2.41 bits per heavy atom. The molecule has 0 spiro atoms. The highest BCUT2D eigenvalue weighted by molar-refractivity contribution is 5.94. The van der Waals surface area contributed by atoms with Crippen LogP contribution in [0.1, 0.15) is 43.2 Å². The van der Waals surface area contributed by atoms with Crippen LogP contribution in [0.15, 0.2) is 12.1 Å². The molecular formula is C20H30N3O4+. The minimum absolute atomic E-state index is 0.197. The van der Waals surface area contributed by atoms with Crippen LogP contribution in [0.25, 0.3) is 0 Å². The Labute approximate surface area is 160 Å². The van der Waals surface area contributed by atoms with Crippen molar-refractivity contribution in [3.63, 3.8) is 0 Å². The van der Waals surface area contributed by atoms with Gasteiger partial charge in [0, 0.05) is 18.0 Å². The minimum Gasteiger partial charge on any atom is -0.493 e. The number of methoxy groups -OCH3 is 2. The maximum atomic E-state index is 12.3. The predicted molar refractivity (Wildman–Crippen MR) is 101 cm³/mol. The first-order chi connectivity index (χ1) is 13.1. The normalized spacial score (nSPS) is 19.7. The summed E-state index contributed by atoms with van der Waals surface area (Å²) in [6.07, 6.45) is 6.39. The molecule has 1 fully saturated rings. The van der Waals surface area contributed by atoms with E-state index >= 15 is 0 Å². The molecular weight excluding hydrogens is 346 g/mol. The lowest BCUT2D eigenvalue weighted by atomic mass is 9.96. The van der Waals surface area contributed by atoms with Gasteiger partial charge in [-0.1, -0.05) is 19.3 Å². The van der Waals surface area contributed by atoms with Crippen LogP contribution in [-0.2, 0) is 17.8 Å². The molecule has 0 aromatic heterocycles. The van der Waals surface area contributed by atoms with Crippen molar-refractivity contribution in [2.45, 2.75) is 51.1 Å². The molecule has 27 heavy (non-hydrogen) atoms. The fourth-order valence-electron chi connectivity index (χ4n) is 4.05. The second kappa shape index (κ2) is 9.08. The van der Waals surface area contributed by atoms with Gasteiger partial charge in [-0.2, -0.15) is 0 Å². The topological polar surface area (TPSA) is 81.1 Å². The molecule has 0 saturated heterocycles.